The smallest absolute Gasteiger partial charge is 0.243 e. The molecule has 1 fully saturated rings. The summed E-state index contributed by atoms with van der Waals surface area (Å²) in [7, 11) is 0. The number of thiazole rings is 1. The maximum absolute atomic E-state index is 13.1. The van der Waals surface area contributed by atoms with E-state index in [0.717, 1.165) is 21.7 Å². The molecule has 0 spiro atoms. The number of nitrogens with zero attached hydrogens (tertiary/aromatic N) is 2. The molecule has 3 N–H and O–H groups in total. The number of benzene rings is 1. The van der Waals surface area contributed by atoms with Crippen LogP contribution in [0.25, 0.3) is 10.4 Å². The molecular formula is C22H29IN4O3S. The molecule has 1 aromatic carbocycles. The van der Waals surface area contributed by atoms with Crippen molar-refractivity contribution in [2.24, 2.45) is 5.41 Å². The molecule has 168 valence electrons. The van der Waals surface area contributed by atoms with Crippen LogP contribution in [0.2, 0.25) is 0 Å². The van der Waals surface area contributed by atoms with E-state index < -0.39 is 18.2 Å². The largest absolute Gasteiger partial charge is 0.391 e. The predicted molar refractivity (Wildman–Crippen MR) is 131 cm³/mol. The first-order chi connectivity index (χ1) is 14.6. The van der Waals surface area contributed by atoms with Crippen molar-refractivity contribution in [3.8, 4) is 10.4 Å². The lowest BCUT2D eigenvalue weighted by Crippen LogP contribution is -2.54. The summed E-state index contributed by atoms with van der Waals surface area (Å²) in [5, 5.41) is 13.1. The average molecular weight is 556 g/mol. The normalized spacial score (nSPS) is 20.0. The van der Waals surface area contributed by atoms with Crippen molar-refractivity contribution in [1.82, 2.24) is 18.7 Å². The van der Waals surface area contributed by atoms with E-state index in [-0.39, 0.29) is 30.2 Å². The van der Waals surface area contributed by atoms with E-state index >= 15 is 0 Å². The van der Waals surface area contributed by atoms with E-state index in [1.165, 1.54) is 4.90 Å². The molecule has 2 unspecified atom stereocenters. The van der Waals surface area contributed by atoms with E-state index in [0.29, 0.717) is 6.54 Å². The zero-order chi connectivity index (χ0) is 22.8. The van der Waals surface area contributed by atoms with Gasteiger partial charge in [0.25, 0.3) is 0 Å². The number of aromatic nitrogens is 1. The van der Waals surface area contributed by atoms with Gasteiger partial charge in [0.15, 0.2) is 0 Å². The molecule has 2 amide bonds. The highest BCUT2D eigenvalue weighted by Crippen LogP contribution is 2.28. The molecule has 0 radical (unpaired) electrons. The Bertz CT molecular complexity index is 926. The van der Waals surface area contributed by atoms with Crippen LogP contribution >= 0.6 is 34.2 Å². The van der Waals surface area contributed by atoms with Gasteiger partial charge in [-0.2, -0.15) is 0 Å². The molecule has 1 saturated heterocycles. The SMILES string of the molecule is Cc1ncsc1-c1ccc(CNC(=O)C2C[C@@H](O)CN2C(=O)C(NI)C(C)(C)C)cc1. The van der Waals surface area contributed by atoms with Gasteiger partial charge in [0.2, 0.25) is 11.8 Å². The number of carbonyl (C=O) groups excluding carboxylic acids is 2. The van der Waals surface area contributed by atoms with Crippen LogP contribution in [0.1, 0.15) is 38.4 Å². The van der Waals surface area contributed by atoms with Crippen molar-refractivity contribution in [1.29, 1.82) is 0 Å². The molecule has 2 aromatic rings. The third-order valence-electron chi connectivity index (χ3n) is 5.52. The average Bonchev–Trinajstić information content (AvgIpc) is 3.31. The second-order valence-corrected chi connectivity index (χ2v) is 10.5. The van der Waals surface area contributed by atoms with Gasteiger partial charge in [0.1, 0.15) is 12.1 Å². The summed E-state index contributed by atoms with van der Waals surface area (Å²) in [6.45, 7) is 8.44. The van der Waals surface area contributed by atoms with Gasteiger partial charge >= 0.3 is 0 Å². The van der Waals surface area contributed by atoms with E-state index in [9.17, 15) is 14.7 Å². The first kappa shape index (κ1) is 24.1. The van der Waals surface area contributed by atoms with E-state index in [1.54, 1.807) is 11.3 Å². The highest BCUT2D eigenvalue weighted by atomic mass is 127. The topological polar surface area (TPSA) is 94.6 Å². The molecule has 0 bridgehead atoms. The second kappa shape index (κ2) is 9.93. The number of halogens is 1. The van der Waals surface area contributed by atoms with Gasteiger partial charge in [0, 0.05) is 42.4 Å². The van der Waals surface area contributed by atoms with Crippen molar-refractivity contribution in [3.63, 3.8) is 0 Å². The molecule has 3 rings (SSSR count). The van der Waals surface area contributed by atoms with Crippen molar-refractivity contribution in [3.05, 3.63) is 41.0 Å². The molecule has 1 aromatic heterocycles. The van der Waals surface area contributed by atoms with Crippen molar-refractivity contribution in [2.45, 2.75) is 58.8 Å². The van der Waals surface area contributed by atoms with Crippen LogP contribution in [0.5, 0.6) is 0 Å². The summed E-state index contributed by atoms with van der Waals surface area (Å²) in [6.07, 6.45) is -0.448. The van der Waals surface area contributed by atoms with E-state index in [4.69, 9.17) is 0 Å². The second-order valence-electron chi connectivity index (χ2n) is 8.99. The van der Waals surface area contributed by atoms with E-state index in [1.807, 2.05) is 80.3 Å². The fourth-order valence-electron chi connectivity index (χ4n) is 3.71. The highest BCUT2D eigenvalue weighted by Gasteiger charge is 2.43. The van der Waals surface area contributed by atoms with Crippen LogP contribution in [-0.4, -0.2) is 51.5 Å². The zero-order valence-electron chi connectivity index (χ0n) is 18.2. The Morgan fingerprint density at radius 1 is 1.32 bits per heavy atom. The maximum Gasteiger partial charge on any atom is 0.243 e. The first-order valence-corrected chi connectivity index (χ1v) is 12.2. The molecule has 9 heteroatoms. The number of rotatable bonds is 6. The number of aliphatic hydroxyl groups excluding tert-OH is 1. The fourth-order valence-corrected chi connectivity index (χ4v) is 5.72. The third-order valence-corrected chi connectivity index (χ3v) is 7.12. The minimum Gasteiger partial charge on any atom is -0.391 e. The highest BCUT2D eigenvalue weighted by molar-refractivity contribution is 14.1. The van der Waals surface area contributed by atoms with Gasteiger partial charge in [-0.05, 0) is 23.5 Å². The monoisotopic (exact) mass is 556 g/mol. The summed E-state index contributed by atoms with van der Waals surface area (Å²) in [4.78, 5) is 32.9. The summed E-state index contributed by atoms with van der Waals surface area (Å²) >= 11 is 3.58. The maximum atomic E-state index is 13.1. The molecule has 31 heavy (non-hydrogen) atoms. The van der Waals surface area contributed by atoms with E-state index in [2.05, 4.69) is 13.8 Å². The summed E-state index contributed by atoms with van der Waals surface area (Å²) in [5.41, 5.74) is 4.60. The van der Waals surface area contributed by atoms with Crippen LogP contribution in [-0.2, 0) is 16.1 Å². The summed E-state index contributed by atoms with van der Waals surface area (Å²) in [5.74, 6) is -0.406. The fraction of sp³-hybridized carbons (Fsp3) is 0.500. The molecule has 1 aliphatic heterocycles. The lowest BCUT2D eigenvalue weighted by Gasteiger charge is -2.34. The van der Waals surface area contributed by atoms with Crippen LogP contribution in [0.15, 0.2) is 29.8 Å². The minimum absolute atomic E-state index is 0.164. The Hall–Kier alpha value is -1.56. The Labute approximate surface area is 201 Å². The molecule has 1 aliphatic rings. The van der Waals surface area contributed by atoms with Gasteiger partial charge in [-0.3, -0.25) is 9.59 Å². The number of hydrogen-bond donors (Lipinski definition) is 3. The van der Waals surface area contributed by atoms with Gasteiger partial charge in [0.05, 0.1) is 22.2 Å². The molecule has 7 nitrogen and oxygen atoms in total. The van der Waals surface area contributed by atoms with Gasteiger partial charge in [-0.15, -0.1) is 11.3 Å². The third kappa shape index (κ3) is 5.63. The van der Waals surface area contributed by atoms with Gasteiger partial charge in [-0.25, -0.2) is 8.51 Å². The number of aliphatic hydroxyl groups is 1. The van der Waals surface area contributed by atoms with Gasteiger partial charge < -0.3 is 15.3 Å². The van der Waals surface area contributed by atoms with Crippen LogP contribution in [0.3, 0.4) is 0 Å². The molecule has 0 saturated carbocycles. The first-order valence-electron chi connectivity index (χ1n) is 10.2. The van der Waals surface area contributed by atoms with Crippen molar-refractivity contribution in [2.75, 3.05) is 6.54 Å². The molecular weight excluding hydrogens is 527 g/mol. The lowest BCUT2D eigenvalue weighted by atomic mass is 9.86. The predicted octanol–water partition coefficient (Wildman–Crippen LogP) is 3.05. The Morgan fingerprint density at radius 3 is 2.55 bits per heavy atom. The number of amides is 2. The quantitative estimate of drug-likeness (QED) is 0.376. The summed E-state index contributed by atoms with van der Waals surface area (Å²) in [6, 6.07) is 6.90. The summed E-state index contributed by atoms with van der Waals surface area (Å²) < 4.78 is 3.03. The Kier molecular flexibility index (Phi) is 7.72. The van der Waals surface area contributed by atoms with Crippen LogP contribution in [0.4, 0.5) is 0 Å². The number of likely N-dealkylation sites (tertiary alicyclic amines) is 1. The molecule has 0 aliphatic carbocycles. The number of hydrogen-bond acceptors (Lipinski definition) is 6. The number of carbonyl (C=O) groups is 2. The van der Waals surface area contributed by atoms with Crippen LogP contribution < -0.4 is 8.85 Å². The van der Waals surface area contributed by atoms with Crippen LogP contribution in [0, 0.1) is 12.3 Å². The minimum atomic E-state index is -0.698. The molecule has 2 heterocycles. The Balaban J connectivity index is 1.65. The zero-order valence-corrected chi connectivity index (χ0v) is 21.2. The van der Waals surface area contributed by atoms with Crippen molar-refractivity contribution >= 4 is 46.0 Å². The van der Waals surface area contributed by atoms with Gasteiger partial charge in [-0.1, -0.05) is 45.0 Å². The standard InChI is InChI=1S/C22H29IN4O3S/c1-13-18(31-12-25-13)15-7-5-14(6-8-15)10-24-20(29)17-9-16(28)11-27(17)21(30)19(26-23)22(2,3)4/h5-8,12,16-17,19,26,28H,9-11H2,1-4H3,(H,24,29)/t16-,17?,19?/m1/s1. The molecule has 3 atom stereocenters. The van der Waals surface area contributed by atoms with Crippen molar-refractivity contribution < 1.29 is 14.7 Å². The number of β-amino-alcohol motifs (C(OH)–C–C–N with tert-alkyl or cyclic N) is 1. The number of aryl methyl sites for hydroxylation is 1. The Morgan fingerprint density at radius 2 is 2.00 bits per heavy atom. The lowest BCUT2D eigenvalue weighted by molar-refractivity contribution is -0.141. The number of nitrogens with one attached hydrogen (secondary N) is 2.